The molecule has 102 valence electrons. The van der Waals surface area contributed by atoms with Gasteiger partial charge in [0.15, 0.2) is 0 Å². The third-order valence-corrected chi connectivity index (χ3v) is 4.72. The van der Waals surface area contributed by atoms with Crippen molar-refractivity contribution in [3.63, 3.8) is 0 Å². The molecule has 1 atom stereocenters. The molecule has 0 saturated heterocycles. The Kier molecular flexibility index (Phi) is 5.13. The van der Waals surface area contributed by atoms with Crippen LogP contribution in [0.4, 0.5) is 4.39 Å². The van der Waals surface area contributed by atoms with E-state index in [1.165, 1.54) is 21.9 Å². The van der Waals surface area contributed by atoms with Gasteiger partial charge in [0.25, 0.3) is 0 Å². The SMILES string of the molecule is Cc1ccc(CC(C)NCc2ccc(F)cc2Br)s1. The van der Waals surface area contributed by atoms with Gasteiger partial charge in [-0.25, -0.2) is 4.39 Å². The number of aryl methyl sites for hydroxylation is 1. The van der Waals surface area contributed by atoms with Crippen LogP contribution < -0.4 is 5.32 Å². The largest absolute Gasteiger partial charge is 0.310 e. The molecule has 1 heterocycles. The minimum Gasteiger partial charge on any atom is -0.310 e. The summed E-state index contributed by atoms with van der Waals surface area (Å²) in [5.74, 6) is -0.210. The molecule has 0 aliphatic carbocycles. The Hall–Kier alpha value is -0.710. The quantitative estimate of drug-likeness (QED) is 0.832. The highest BCUT2D eigenvalue weighted by Crippen LogP contribution is 2.19. The van der Waals surface area contributed by atoms with E-state index in [0.29, 0.717) is 6.04 Å². The zero-order valence-electron chi connectivity index (χ0n) is 11.0. The van der Waals surface area contributed by atoms with Gasteiger partial charge in [-0.1, -0.05) is 22.0 Å². The van der Waals surface area contributed by atoms with E-state index in [1.54, 1.807) is 0 Å². The second-order valence-corrected chi connectivity index (χ2v) is 6.96. The number of benzene rings is 1. The lowest BCUT2D eigenvalue weighted by atomic mass is 10.1. The summed E-state index contributed by atoms with van der Waals surface area (Å²) in [5.41, 5.74) is 1.08. The first-order valence-electron chi connectivity index (χ1n) is 6.27. The molecule has 1 N–H and O–H groups in total. The predicted octanol–water partition coefficient (Wildman–Crippen LogP) is 4.68. The lowest BCUT2D eigenvalue weighted by Crippen LogP contribution is -2.27. The average Bonchev–Trinajstić information content (AvgIpc) is 2.73. The van der Waals surface area contributed by atoms with Crippen LogP contribution in [-0.4, -0.2) is 6.04 Å². The van der Waals surface area contributed by atoms with E-state index in [1.807, 2.05) is 17.4 Å². The number of thiophene rings is 1. The van der Waals surface area contributed by atoms with Gasteiger partial charge in [-0.15, -0.1) is 11.3 Å². The molecule has 0 spiro atoms. The molecular formula is C15H17BrFNS. The maximum atomic E-state index is 13.0. The third kappa shape index (κ3) is 4.41. The Balaban J connectivity index is 1.87. The molecule has 0 aliphatic heterocycles. The Morgan fingerprint density at radius 2 is 2.11 bits per heavy atom. The van der Waals surface area contributed by atoms with Crippen molar-refractivity contribution in [1.29, 1.82) is 0 Å². The minimum atomic E-state index is -0.210. The molecule has 0 fully saturated rings. The van der Waals surface area contributed by atoms with Crippen molar-refractivity contribution in [2.75, 3.05) is 0 Å². The predicted molar refractivity (Wildman–Crippen MR) is 83.2 cm³/mol. The number of rotatable bonds is 5. The van der Waals surface area contributed by atoms with E-state index in [4.69, 9.17) is 0 Å². The maximum Gasteiger partial charge on any atom is 0.124 e. The van der Waals surface area contributed by atoms with Crippen molar-refractivity contribution in [1.82, 2.24) is 5.32 Å². The molecule has 4 heteroatoms. The molecule has 0 amide bonds. The second kappa shape index (κ2) is 6.64. The Morgan fingerprint density at radius 1 is 1.32 bits per heavy atom. The third-order valence-electron chi connectivity index (χ3n) is 2.96. The van der Waals surface area contributed by atoms with Gasteiger partial charge in [-0.05, 0) is 50.1 Å². The maximum absolute atomic E-state index is 13.0. The second-order valence-electron chi connectivity index (χ2n) is 4.73. The molecule has 0 bridgehead atoms. The van der Waals surface area contributed by atoms with E-state index in [2.05, 4.69) is 47.2 Å². The summed E-state index contributed by atoms with van der Waals surface area (Å²) in [5, 5.41) is 3.47. The van der Waals surface area contributed by atoms with Crippen LogP contribution in [0.3, 0.4) is 0 Å². The molecule has 0 aliphatic rings. The fraction of sp³-hybridized carbons (Fsp3) is 0.333. The molecule has 2 rings (SSSR count). The average molecular weight is 342 g/mol. The van der Waals surface area contributed by atoms with E-state index in [9.17, 15) is 4.39 Å². The van der Waals surface area contributed by atoms with Crippen molar-refractivity contribution in [2.24, 2.45) is 0 Å². The first-order valence-corrected chi connectivity index (χ1v) is 7.88. The Morgan fingerprint density at radius 3 is 2.74 bits per heavy atom. The van der Waals surface area contributed by atoms with Gasteiger partial charge in [-0.2, -0.15) is 0 Å². The van der Waals surface area contributed by atoms with Crippen LogP contribution in [0.25, 0.3) is 0 Å². The smallest absolute Gasteiger partial charge is 0.124 e. The van der Waals surface area contributed by atoms with Crippen LogP contribution in [0.1, 0.15) is 22.2 Å². The Labute approximate surface area is 126 Å². The van der Waals surface area contributed by atoms with Gasteiger partial charge in [0.2, 0.25) is 0 Å². The number of hydrogen-bond acceptors (Lipinski definition) is 2. The van der Waals surface area contributed by atoms with E-state index >= 15 is 0 Å². The van der Waals surface area contributed by atoms with Gasteiger partial charge < -0.3 is 5.32 Å². The van der Waals surface area contributed by atoms with Gasteiger partial charge in [0.1, 0.15) is 5.82 Å². The van der Waals surface area contributed by atoms with Crippen LogP contribution in [0, 0.1) is 12.7 Å². The molecule has 1 nitrogen and oxygen atoms in total. The highest BCUT2D eigenvalue weighted by atomic mass is 79.9. The molecule has 0 radical (unpaired) electrons. The number of halogens is 2. The molecule has 1 aromatic heterocycles. The fourth-order valence-corrected chi connectivity index (χ4v) is 3.43. The topological polar surface area (TPSA) is 12.0 Å². The van der Waals surface area contributed by atoms with Crippen molar-refractivity contribution < 1.29 is 4.39 Å². The standard InChI is InChI=1S/C15H17BrFNS/c1-10(7-14-6-3-11(2)19-14)18-9-12-4-5-13(17)8-15(12)16/h3-6,8,10,18H,7,9H2,1-2H3. The summed E-state index contributed by atoms with van der Waals surface area (Å²) in [6, 6.07) is 9.55. The summed E-state index contributed by atoms with van der Waals surface area (Å²) in [6.45, 7) is 5.04. The minimum absolute atomic E-state index is 0.210. The summed E-state index contributed by atoms with van der Waals surface area (Å²) in [7, 11) is 0. The monoisotopic (exact) mass is 341 g/mol. The lowest BCUT2D eigenvalue weighted by Gasteiger charge is -2.13. The fourth-order valence-electron chi connectivity index (χ4n) is 1.92. The molecular weight excluding hydrogens is 325 g/mol. The summed E-state index contributed by atoms with van der Waals surface area (Å²) >= 11 is 5.23. The summed E-state index contributed by atoms with van der Waals surface area (Å²) in [6.07, 6.45) is 1.03. The van der Waals surface area contributed by atoms with Gasteiger partial charge in [0.05, 0.1) is 0 Å². The van der Waals surface area contributed by atoms with Crippen LogP contribution in [-0.2, 0) is 13.0 Å². The van der Waals surface area contributed by atoms with Crippen LogP contribution in [0.5, 0.6) is 0 Å². The zero-order valence-corrected chi connectivity index (χ0v) is 13.4. The van der Waals surface area contributed by atoms with Crippen molar-refractivity contribution in [2.45, 2.75) is 32.9 Å². The molecule has 19 heavy (non-hydrogen) atoms. The molecule has 2 aromatic rings. The van der Waals surface area contributed by atoms with Crippen LogP contribution in [0.2, 0.25) is 0 Å². The highest BCUT2D eigenvalue weighted by molar-refractivity contribution is 9.10. The normalized spacial score (nSPS) is 12.6. The lowest BCUT2D eigenvalue weighted by molar-refractivity contribution is 0.546. The van der Waals surface area contributed by atoms with Crippen molar-refractivity contribution in [3.8, 4) is 0 Å². The molecule has 1 aromatic carbocycles. The molecule has 0 saturated carbocycles. The van der Waals surface area contributed by atoms with Gasteiger partial charge in [0, 0.05) is 26.8 Å². The van der Waals surface area contributed by atoms with E-state index < -0.39 is 0 Å². The first-order chi connectivity index (χ1) is 9.04. The summed E-state index contributed by atoms with van der Waals surface area (Å²) in [4.78, 5) is 2.75. The molecule has 1 unspecified atom stereocenters. The van der Waals surface area contributed by atoms with E-state index in [0.717, 1.165) is 23.0 Å². The summed E-state index contributed by atoms with van der Waals surface area (Å²) < 4.78 is 13.8. The Bertz CT molecular complexity index is 553. The van der Waals surface area contributed by atoms with Gasteiger partial charge in [-0.3, -0.25) is 0 Å². The first kappa shape index (κ1) is 14.7. The van der Waals surface area contributed by atoms with Crippen molar-refractivity contribution in [3.05, 3.63) is 55.9 Å². The van der Waals surface area contributed by atoms with Crippen molar-refractivity contribution >= 4 is 27.3 Å². The highest BCUT2D eigenvalue weighted by Gasteiger charge is 2.07. The van der Waals surface area contributed by atoms with Crippen LogP contribution >= 0.6 is 27.3 Å². The van der Waals surface area contributed by atoms with E-state index in [-0.39, 0.29) is 5.82 Å². The van der Waals surface area contributed by atoms with Crippen LogP contribution in [0.15, 0.2) is 34.8 Å². The van der Waals surface area contributed by atoms with Gasteiger partial charge >= 0.3 is 0 Å². The zero-order chi connectivity index (χ0) is 13.8. The number of hydrogen-bond donors (Lipinski definition) is 1. The number of nitrogens with one attached hydrogen (secondary N) is 1.